The minimum atomic E-state index is -1.37. The predicted octanol–water partition coefficient (Wildman–Crippen LogP) is 3.37. The highest BCUT2D eigenvalue weighted by molar-refractivity contribution is 5.92. The number of pyridine rings is 1. The Morgan fingerprint density at radius 3 is 2.84 bits per heavy atom. The van der Waals surface area contributed by atoms with Crippen molar-refractivity contribution in [3.05, 3.63) is 82.0 Å². The van der Waals surface area contributed by atoms with E-state index in [1.54, 1.807) is 10.6 Å². The highest BCUT2D eigenvalue weighted by Crippen LogP contribution is 2.19. The zero-order valence-electron chi connectivity index (χ0n) is 13.0. The van der Waals surface area contributed by atoms with E-state index >= 15 is 0 Å². The smallest absolute Gasteiger partial charge is 0.341 e. The normalized spacial score (nSPS) is 11.2. The first-order valence-electron chi connectivity index (χ1n) is 7.65. The summed E-state index contributed by atoms with van der Waals surface area (Å²) in [6, 6.07) is 12.0. The molecule has 4 rings (SSSR count). The molecule has 0 bridgehead atoms. The quantitative estimate of drug-likeness (QED) is 0.602. The lowest BCUT2D eigenvalue weighted by Gasteiger charge is -2.13. The van der Waals surface area contributed by atoms with Crippen LogP contribution in [0, 0.1) is 5.82 Å². The number of carboxylic acid groups (broad SMARTS) is 1. The summed E-state index contributed by atoms with van der Waals surface area (Å²) in [6.45, 7) is 0.321. The highest BCUT2D eigenvalue weighted by atomic mass is 19.1. The molecule has 6 heteroatoms. The minimum absolute atomic E-state index is 0.204. The van der Waals surface area contributed by atoms with Gasteiger partial charge < -0.3 is 14.7 Å². The van der Waals surface area contributed by atoms with Gasteiger partial charge in [0.15, 0.2) is 0 Å². The van der Waals surface area contributed by atoms with Gasteiger partial charge in [0.25, 0.3) is 0 Å². The number of hydrogen-bond acceptors (Lipinski definition) is 2. The van der Waals surface area contributed by atoms with Crippen molar-refractivity contribution in [1.29, 1.82) is 0 Å². The van der Waals surface area contributed by atoms with E-state index in [2.05, 4.69) is 4.98 Å². The summed E-state index contributed by atoms with van der Waals surface area (Å²) in [7, 11) is 0. The number of nitrogens with zero attached hydrogens (tertiary/aromatic N) is 1. The number of carbonyl (C=O) groups is 1. The largest absolute Gasteiger partial charge is 0.477 e. The first-order valence-corrected chi connectivity index (χ1v) is 7.65. The molecule has 0 aliphatic rings. The van der Waals surface area contributed by atoms with Crippen molar-refractivity contribution in [2.45, 2.75) is 6.54 Å². The van der Waals surface area contributed by atoms with Crippen molar-refractivity contribution >= 4 is 27.8 Å². The Morgan fingerprint density at radius 2 is 2.04 bits per heavy atom. The second-order valence-electron chi connectivity index (χ2n) is 5.84. The maximum absolute atomic E-state index is 14.2. The second kappa shape index (κ2) is 5.59. The Kier molecular flexibility index (Phi) is 3.39. The number of H-pyrrole nitrogens is 1. The average molecular weight is 336 g/mol. The fraction of sp³-hybridized carbons (Fsp3) is 0.0526. The monoisotopic (exact) mass is 336 g/mol. The Bertz CT molecular complexity index is 1190. The van der Waals surface area contributed by atoms with E-state index in [4.69, 9.17) is 0 Å². The van der Waals surface area contributed by atoms with Crippen LogP contribution in [-0.2, 0) is 6.54 Å². The molecule has 25 heavy (non-hydrogen) atoms. The highest BCUT2D eigenvalue weighted by Gasteiger charge is 2.17. The molecule has 0 aliphatic heterocycles. The Morgan fingerprint density at radius 1 is 1.20 bits per heavy atom. The van der Waals surface area contributed by atoms with E-state index in [1.165, 1.54) is 12.3 Å². The third-order valence-corrected chi connectivity index (χ3v) is 4.26. The average Bonchev–Trinajstić information content (AvgIpc) is 3.04. The molecule has 0 aliphatic carbocycles. The number of rotatable bonds is 3. The summed E-state index contributed by atoms with van der Waals surface area (Å²) in [6.07, 6.45) is 3.11. The molecule has 0 saturated heterocycles. The number of hydrogen-bond donors (Lipinski definition) is 2. The van der Waals surface area contributed by atoms with Gasteiger partial charge in [0, 0.05) is 24.5 Å². The molecule has 124 valence electrons. The van der Waals surface area contributed by atoms with Gasteiger partial charge >= 0.3 is 5.97 Å². The number of aromatic amines is 1. The molecule has 0 spiro atoms. The third-order valence-electron chi connectivity index (χ3n) is 4.26. The van der Waals surface area contributed by atoms with Gasteiger partial charge in [0.2, 0.25) is 5.43 Å². The SMILES string of the molecule is O=C(O)c1cn(Cc2ccc3[nH]ccc3c2)c2cccc(F)c2c1=O. The molecule has 5 nitrogen and oxygen atoms in total. The van der Waals surface area contributed by atoms with E-state index in [9.17, 15) is 19.1 Å². The van der Waals surface area contributed by atoms with Gasteiger partial charge in [0.05, 0.1) is 10.9 Å². The number of halogens is 1. The van der Waals surface area contributed by atoms with Crippen molar-refractivity contribution < 1.29 is 14.3 Å². The van der Waals surface area contributed by atoms with Crippen molar-refractivity contribution in [1.82, 2.24) is 9.55 Å². The van der Waals surface area contributed by atoms with Crippen LogP contribution in [0.3, 0.4) is 0 Å². The van der Waals surface area contributed by atoms with Crippen LogP contribution in [0.2, 0.25) is 0 Å². The van der Waals surface area contributed by atoms with Crippen LogP contribution in [-0.4, -0.2) is 20.6 Å². The molecule has 0 saturated carbocycles. The molecule has 4 aromatic rings. The van der Waals surface area contributed by atoms with E-state index in [0.717, 1.165) is 22.5 Å². The van der Waals surface area contributed by atoms with Crippen molar-refractivity contribution in [2.24, 2.45) is 0 Å². The molecular weight excluding hydrogens is 323 g/mol. The van der Waals surface area contributed by atoms with Crippen LogP contribution in [0.1, 0.15) is 15.9 Å². The van der Waals surface area contributed by atoms with Gasteiger partial charge in [-0.25, -0.2) is 9.18 Å². The lowest BCUT2D eigenvalue weighted by Crippen LogP contribution is -2.20. The number of aromatic carboxylic acids is 1. The number of aromatic nitrogens is 2. The minimum Gasteiger partial charge on any atom is -0.477 e. The molecule has 0 atom stereocenters. The summed E-state index contributed by atoms with van der Waals surface area (Å²) >= 11 is 0. The number of benzene rings is 2. The molecule has 2 N–H and O–H groups in total. The van der Waals surface area contributed by atoms with E-state index < -0.39 is 22.8 Å². The lowest BCUT2D eigenvalue weighted by molar-refractivity contribution is 0.0695. The van der Waals surface area contributed by atoms with Crippen LogP contribution in [0.4, 0.5) is 4.39 Å². The van der Waals surface area contributed by atoms with Crippen LogP contribution in [0.15, 0.2) is 59.7 Å². The van der Waals surface area contributed by atoms with Gasteiger partial charge in [-0.15, -0.1) is 0 Å². The molecular formula is C19H13FN2O3. The fourth-order valence-corrected chi connectivity index (χ4v) is 3.08. The second-order valence-corrected chi connectivity index (χ2v) is 5.84. The van der Waals surface area contributed by atoms with Crippen LogP contribution in [0.25, 0.3) is 21.8 Å². The molecule has 0 amide bonds. The maximum Gasteiger partial charge on any atom is 0.341 e. The lowest BCUT2D eigenvalue weighted by atomic mass is 10.1. The summed E-state index contributed by atoms with van der Waals surface area (Å²) in [5.74, 6) is -2.09. The third kappa shape index (κ3) is 2.48. The van der Waals surface area contributed by atoms with Crippen molar-refractivity contribution in [3.8, 4) is 0 Å². The molecule has 2 aromatic carbocycles. The fourth-order valence-electron chi connectivity index (χ4n) is 3.08. The Labute approximate surface area is 141 Å². The number of fused-ring (bicyclic) bond motifs is 2. The van der Waals surface area contributed by atoms with Gasteiger partial charge in [-0.05, 0) is 41.3 Å². The first kappa shape index (κ1) is 15.1. The van der Waals surface area contributed by atoms with E-state index in [-0.39, 0.29) is 5.39 Å². The topological polar surface area (TPSA) is 75.1 Å². The van der Waals surface area contributed by atoms with Crippen molar-refractivity contribution in [3.63, 3.8) is 0 Å². The first-order chi connectivity index (χ1) is 12.0. The van der Waals surface area contributed by atoms with E-state index in [0.29, 0.717) is 12.1 Å². The zero-order chi connectivity index (χ0) is 17.6. The summed E-state index contributed by atoms with van der Waals surface area (Å²) < 4.78 is 15.8. The maximum atomic E-state index is 14.2. The molecule has 0 fully saturated rings. The number of nitrogens with one attached hydrogen (secondary N) is 1. The number of carboxylic acids is 1. The Balaban J connectivity index is 1.93. The zero-order valence-corrected chi connectivity index (χ0v) is 13.0. The van der Waals surface area contributed by atoms with Crippen molar-refractivity contribution in [2.75, 3.05) is 0 Å². The van der Waals surface area contributed by atoms with Crippen LogP contribution < -0.4 is 5.43 Å². The van der Waals surface area contributed by atoms with Gasteiger partial charge in [-0.1, -0.05) is 12.1 Å². The molecule has 0 radical (unpaired) electrons. The summed E-state index contributed by atoms with van der Waals surface area (Å²) in [4.78, 5) is 26.8. The molecule has 2 heterocycles. The molecule has 2 aromatic heterocycles. The van der Waals surface area contributed by atoms with Gasteiger partial charge in [-0.3, -0.25) is 4.79 Å². The molecule has 0 unspecified atom stereocenters. The standard InChI is InChI=1S/C19H13FN2O3/c20-14-2-1-3-16-17(14)18(23)13(19(24)25)10-22(16)9-11-4-5-15-12(8-11)6-7-21-15/h1-8,10,21H,9H2,(H,24,25). The Hall–Kier alpha value is -3.41. The van der Waals surface area contributed by atoms with Gasteiger partial charge in [-0.2, -0.15) is 0 Å². The summed E-state index contributed by atoms with van der Waals surface area (Å²) in [5.41, 5.74) is 1.02. The summed E-state index contributed by atoms with van der Waals surface area (Å²) in [5, 5.41) is 10.1. The van der Waals surface area contributed by atoms with E-state index in [1.807, 2.05) is 30.5 Å². The van der Waals surface area contributed by atoms with Crippen LogP contribution in [0.5, 0.6) is 0 Å². The predicted molar refractivity (Wildman–Crippen MR) is 92.5 cm³/mol. The van der Waals surface area contributed by atoms with Crippen LogP contribution >= 0.6 is 0 Å². The van der Waals surface area contributed by atoms with Gasteiger partial charge in [0.1, 0.15) is 11.4 Å².